The summed E-state index contributed by atoms with van der Waals surface area (Å²) in [6.45, 7) is 2.16. The van der Waals surface area contributed by atoms with Gasteiger partial charge in [-0.3, -0.25) is 4.79 Å². The van der Waals surface area contributed by atoms with Crippen LogP contribution in [-0.4, -0.2) is 24.5 Å². The molecule has 2 fully saturated rings. The molecule has 2 rings (SSSR count). The quantitative estimate of drug-likeness (QED) is 0.376. The van der Waals surface area contributed by atoms with Crippen LogP contribution >= 0.6 is 0 Å². The summed E-state index contributed by atoms with van der Waals surface area (Å²) in [7, 11) is 0. The van der Waals surface area contributed by atoms with Crippen molar-refractivity contribution in [3.05, 3.63) is 0 Å². The fourth-order valence-electron chi connectivity index (χ4n) is 4.19. The van der Waals surface area contributed by atoms with Crippen LogP contribution in [0, 0.1) is 17.8 Å². The molecule has 27 heavy (non-hydrogen) atoms. The number of hydrogen-bond donors (Lipinski definition) is 0. The van der Waals surface area contributed by atoms with E-state index in [0.29, 0.717) is 5.92 Å². The lowest BCUT2D eigenvalue weighted by Gasteiger charge is -2.34. The first-order valence-electron chi connectivity index (χ1n) is 9.96. The van der Waals surface area contributed by atoms with Gasteiger partial charge in [0, 0.05) is 0 Å². The Hall–Kier alpha value is -0.920. The number of halogens is 5. The summed E-state index contributed by atoms with van der Waals surface area (Å²) in [5.74, 6) is -1.27. The first kappa shape index (κ1) is 22.4. The van der Waals surface area contributed by atoms with Gasteiger partial charge in [0.2, 0.25) is 0 Å². The molecule has 2 aliphatic carbocycles. The molecule has 3 nitrogen and oxygen atoms in total. The topological polar surface area (TPSA) is 35.5 Å². The second-order valence-corrected chi connectivity index (χ2v) is 7.88. The Balaban J connectivity index is 1.72. The summed E-state index contributed by atoms with van der Waals surface area (Å²) in [6, 6.07) is 0. The molecular formula is C19H29F5O3. The minimum Gasteiger partial charge on any atom is -0.462 e. The second-order valence-electron chi connectivity index (χ2n) is 7.88. The summed E-state index contributed by atoms with van der Waals surface area (Å²) in [4.78, 5) is 12.3. The monoisotopic (exact) mass is 400 g/mol. The van der Waals surface area contributed by atoms with Crippen LogP contribution < -0.4 is 0 Å². The Morgan fingerprint density at radius 3 is 2.04 bits per heavy atom. The van der Waals surface area contributed by atoms with Crippen molar-refractivity contribution in [3.63, 3.8) is 0 Å². The van der Waals surface area contributed by atoms with E-state index < -0.39 is 24.5 Å². The molecule has 0 aromatic carbocycles. The van der Waals surface area contributed by atoms with Crippen molar-refractivity contribution < 1.29 is 36.2 Å². The first-order chi connectivity index (χ1) is 12.6. The van der Waals surface area contributed by atoms with E-state index >= 15 is 0 Å². The normalized spacial score (nSPS) is 30.1. The van der Waals surface area contributed by atoms with Gasteiger partial charge in [-0.25, -0.2) is 4.74 Å². The number of rotatable bonds is 7. The van der Waals surface area contributed by atoms with Crippen molar-refractivity contribution in [2.75, 3.05) is 0 Å². The molecule has 0 saturated heterocycles. The van der Waals surface area contributed by atoms with Crippen LogP contribution in [0.2, 0.25) is 0 Å². The van der Waals surface area contributed by atoms with Crippen molar-refractivity contribution in [3.8, 4) is 0 Å². The van der Waals surface area contributed by atoms with Gasteiger partial charge in [-0.1, -0.05) is 26.2 Å². The van der Waals surface area contributed by atoms with Crippen molar-refractivity contribution in [2.24, 2.45) is 17.8 Å². The molecular weight excluding hydrogens is 371 g/mol. The molecule has 2 saturated carbocycles. The first-order valence-corrected chi connectivity index (χ1v) is 9.96. The zero-order chi connectivity index (χ0) is 20.1. The molecule has 0 unspecified atom stereocenters. The highest BCUT2D eigenvalue weighted by atomic mass is 19.4. The van der Waals surface area contributed by atoms with Crippen molar-refractivity contribution in [2.45, 2.75) is 96.1 Å². The average Bonchev–Trinajstić information content (AvgIpc) is 2.59. The Morgan fingerprint density at radius 1 is 0.926 bits per heavy atom. The molecule has 0 spiro atoms. The third-order valence-electron chi connectivity index (χ3n) is 5.83. The fourth-order valence-corrected chi connectivity index (χ4v) is 4.19. The van der Waals surface area contributed by atoms with Gasteiger partial charge >= 0.3 is 18.4 Å². The maximum Gasteiger partial charge on any atom is 0.527 e. The minimum absolute atomic E-state index is 0.138. The van der Waals surface area contributed by atoms with E-state index in [-0.39, 0.29) is 37.6 Å². The zero-order valence-electron chi connectivity index (χ0n) is 15.7. The molecule has 0 aliphatic heterocycles. The zero-order valence-corrected chi connectivity index (χ0v) is 15.7. The molecule has 8 heteroatoms. The van der Waals surface area contributed by atoms with Gasteiger partial charge in [0.05, 0.1) is 11.8 Å². The number of carbonyl (C=O) groups excluding carboxylic acids is 1. The smallest absolute Gasteiger partial charge is 0.462 e. The third-order valence-corrected chi connectivity index (χ3v) is 5.83. The lowest BCUT2D eigenvalue weighted by molar-refractivity contribution is -0.438. The van der Waals surface area contributed by atoms with Crippen LogP contribution in [0.15, 0.2) is 0 Å². The summed E-state index contributed by atoms with van der Waals surface area (Å²) in [5.41, 5.74) is 0. The Kier molecular flexibility index (Phi) is 7.89. The van der Waals surface area contributed by atoms with Crippen LogP contribution in [0.4, 0.5) is 22.0 Å². The molecule has 0 bridgehead atoms. The maximum absolute atomic E-state index is 13.6. The largest absolute Gasteiger partial charge is 0.527 e. The number of esters is 1. The highest BCUT2D eigenvalue weighted by Crippen LogP contribution is 2.42. The number of carbonyl (C=O) groups is 1. The van der Waals surface area contributed by atoms with E-state index in [0.717, 1.165) is 32.1 Å². The molecule has 2 aliphatic rings. The van der Waals surface area contributed by atoms with Crippen LogP contribution in [-0.2, 0) is 14.3 Å². The summed E-state index contributed by atoms with van der Waals surface area (Å²) in [5, 5.41) is 0. The number of ether oxygens (including phenoxy) is 2. The number of unbranched alkanes of at least 4 members (excludes halogenated alkanes) is 1. The van der Waals surface area contributed by atoms with Crippen molar-refractivity contribution in [1.82, 2.24) is 0 Å². The Morgan fingerprint density at radius 2 is 1.52 bits per heavy atom. The predicted molar refractivity (Wildman–Crippen MR) is 88.9 cm³/mol. The summed E-state index contributed by atoms with van der Waals surface area (Å²) >= 11 is 0. The molecule has 0 aromatic rings. The molecule has 158 valence electrons. The van der Waals surface area contributed by atoms with E-state index in [1.165, 1.54) is 12.8 Å². The number of hydrogen-bond acceptors (Lipinski definition) is 3. The van der Waals surface area contributed by atoms with E-state index in [1.54, 1.807) is 0 Å². The highest BCUT2D eigenvalue weighted by Gasteiger charge is 2.51. The third kappa shape index (κ3) is 7.20. The van der Waals surface area contributed by atoms with Gasteiger partial charge in [0.1, 0.15) is 6.10 Å². The van der Waals surface area contributed by atoms with Gasteiger partial charge in [0.15, 0.2) is 0 Å². The van der Waals surface area contributed by atoms with Crippen LogP contribution in [0.25, 0.3) is 0 Å². The maximum atomic E-state index is 13.6. The van der Waals surface area contributed by atoms with E-state index in [2.05, 4.69) is 11.7 Å². The fraction of sp³-hybridized carbons (Fsp3) is 0.947. The molecule has 0 atom stereocenters. The molecule has 0 amide bonds. The Labute approximate surface area is 157 Å². The van der Waals surface area contributed by atoms with Gasteiger partial charge in [0.25, 0.3) is 0 Å². The van der Waals surface area contributed by atoms with Crippen LogP contribution in [0.5, 0.6) is 0 Å². The van der Waals surface area contributed by atoms with Crippen LogP contribution in [0.3, 0.4) is 0 Å². The summed E-state index contributed by atoms with van der Waals surface area (Å²) < 4.78 is 71.8. The van der Waals surface area contributed by atoms with Gasteiger partial charge in [-0.15, -0.1) is 13.2 Å². The van der Waals surface area contributed by atoms with E-state index in [1.807, 2.05) is 0 Å². The van der Waals surface area contributed by atoms with E-state index in [4.69, 9.17) is 4.74 Å². The number of alkyl halides is 5. The molecule has 0 N–H and O–H groups in total. The SMILES string of the molecule is CCCCC1CCC(C(=O)OC2CCC(C(F)(F)OC(F)(F)F)CC2)CC1. The van der Waals surface area contributed by atoms with Gasteiger partial charge < -0.3 is 4.74 Å². The predicted octanol–water partition coefficient (Wildman–Crippen LogP) is 6.21. The second kappa shape index (κ2) is 9.52. The van der Waals surface area contributed by atoms with Gasteiger partial charge in [-0.2, -0.15) is 8.78 Å². The van der Waals surface area contributed by atoms with Crippen molar-refractivity contribution >= 4 is 5.97 Å². The molecule has 0 aromatic heterocycles. The lowest BCUT2D eigenvalue weighted by atomic mass is 9.80. The average molecular weight is 400 g/mol. The lowest BCUT2D eigenvalue weighted by Crippen LogP contribution is -2.40. The van der Waals surface area contributed by atoms with Crippen molar-refractivity contribution in [1.29, 1.82) is 0 Å². The minimum atomic E-state index is -5.37. The Bertz CT molecular complexity index is 464. The molecule has 0 radical (unpaired) electrons. The molecule has 0 heterocycles. The summed E-state index contributed by atoms with van der Waals surface area (Å²) in [6.07, 6.45) is -3.00. The highest BCUT2D eigenvalue weighted by molar-refractivity contribution is 5.72. The standard InChI is InChI=1S/C19H29F5O3/c1-2-3-4-13-5-7-14(8-6-13)17(25)26-16-11-9-15(10-12-16)18(20,21)27-19(22,23)24/h13-16H,2-12H2,1H3. The van der Waals surface area contributed by atoms with Gasteiger partial charge in [-0.05, 0) is 57.3 Å². The van der Waals surface area contributed by atoms with Crippen LogP contribution in [0.1, 0.15) is 77.6 Å². The van der Waals surface area contributed by atoms with E-state index in [9.17, 15) is 26.7 Å².